The highest BCUT2D eigenvalue weighted by atomic mass is 32.4. The van der Waals surface area contributed by atoms with E-state index in [1.54, 1.807) is 0 Å². The van der Waals surface area contributed by atoms with E-state index in [0.29, 0.717) is 0 Å². The molecule has 4 N–H and O–H groups in total. The first-order chi connectivity index (χ1) is 2.56. The van der Waals surface area contributed by atoms with Gasteiger partial charge in [0.2, 0.25) is 0 Å². The number of hydrogen-bond donors (Lipinski definition) is 2. The van der Waals surface area contributed by atoms with Gasteiger partial charge in [-0.05, 0) is 18.5 Å². The summed E-state index contributed by atoms with van der Waals surface area (Å²) in [6.07, 6.45) is 0. The maximum Gasteiger partial charge on any atom is 0.176 e. The summed E-state index contributed by atoms with van der Waals surface area (Å²) >= 11 is 4.42. The molecule has 0 aromatic carbocycles. The van der Waals surface area contributed by atoms with E-state index in [2.05, 4.69) is 23.3 Å². The van der Waals surface area contributed by atoms with Gasteiger partial charge >= 0.3 is 0 Å². The fraction of sp³-hybridized carbons (Fsp3) is 0. The maximum absolute atomic E-state index is 5.01. The number of rotatable bonds is 1. The smallest absolute Gasteiger partial charge is 0.176 e. The van der Waals surface area contributed by atoms with Crippen molar-refractivity contribution in [3.05, 3.63) is 0 Å². The Bertz CT molecular complexity index is 93.0. The second-order valence-electron chi connectivity index (χ2n) is 0.814. The van der Waals surface area contributed by atoms with E-state index < -0.39 is 6.49 Å². The molecule has 0 fully saturated rings. The largest absolute Gasteiger partial charge is 0.274 e. The Kier molecular flexibility index (Phi) is 1.87. The summed E-state index contributed by atoms with van der Waals surface area (Å²) in [6.45, 7) is 0.778. The Balaban J connectivity index is 3.81. The van der Waals surface area contributed by atoms with Crippen molar-refractivity contribution in [2.24, 2.45) is 15.8 Å². The molecule has 0 aliphatic rings. The minimum absolute atomic E-state index is 2.30. The highest BCUT2D eigenvalue weighted by Crippen LogP contribution is 2.24. The third kappa shape index (κ3) is 4.24. The highest BCUT2D eigenvalue weighted by molar-refractivity contribution is 8.11. The molecule has 6 heavy (non-hydrogen) atoms. The van der Waals surface area contributed by atoms with Gasteiger partial charge in [-0.2, -0.15) is 0 Å². The quantitative estimate of drug-likeness (QED) is 0.376. The maximum atomic E-state index is 5.01. The van der Waals surface area contributed by atoms with Gasteiger partial charge in [0.1, 0.15) is 0 Å². The van der Waals surface area contributed by atoms with Gasteiger partial charge in [-0.15, -0.1) is 0 Å². The molecule has 3 nitrogen and oxygen atoms in total. The zero-order chi connectivity index (χ0) is 5.21. The van der Waals surface area contributed by atoms with Crippen LogP contribution in [0.5, 0.6) is 0 Å². The molecule has 0 bridgehead atoms. The van der Waals surface area contributed by atoms with Gasteiger partial charge < -0.3 is 0 Å². The average Bonchev–Trinajstić information content (AvgIpc) is 1.35. The van der Waals surface area contributed by atoms with Crippen molar-refractivity contribution in [2.45, 2.75) is 0 Å². The monoisotopic (exact) mass is 123 g/mol. The molecule has 0 heterocycles. The van der Waals surface area contributed by atoms with Crippen molar-refractivity contribution >= 4 is 25.0 Å². The molecule has 0 saturated carbocycles. The van der Waals surface area contributed by atoms with Crippen LogP contribution in [0.25, 0.3) is 0 Å². The van der Waals surface area contributed by atoms with E-state index in [4.69, 9.17) is 11.0 Å². The van der Waals surface area contributed by atoms with Crippen LogP contribution < -0.4 is 11.0 Å². The van der Waals surface area contributed by atoms with Crippen LogP contribution >= 0.6 is 6.49 Å². The van der Waals surface area contributed by atoms with Crippen LogP contribution in [0.4, 0.5) is 0 Å². The molecule has 5 heteroatoms. The number of nitrogens with two attached hydrogens (primary N) is 2. The molecule has 0 aliphatic carbocycles. The average molecular weight is 123 g/mol. The Morgan fingerprint density at radius 3 is 1.83 bits per heavy atom. The van der Waals surface area contributed by atoms with E-state index in [9.17, 15) is 0 Å². The highest BCUT2D eigenvalue weighted by Gasteiger charge is 1.89. The molecule has 0 radical (unpaired) electrons. The van der Waals surface area contributed by atoms with Gasteiger partial charge in [-0.3, -0.25) is 11.0 Å². The summed E-state index contributed by atoms with van der Waals surface area (Å²) in [5.41, 5.74) is 10.0. The van der Waals surface area contributed by atoms with Crippen molar-refractivity contribution in [3.8, 4) is 0 Å². The lowest BCUT2D eigenvalue weighted by Gasteiger charge is -1.96. The molecule has 0 rings (SSSR count). The van der Waals surface area contributed by atoms with Crippen LogP contribution in [0.15, 0.2) is 4.76 Å². The van der Waals surface area contributed by atoms with E-state index in [1.165, 1.54) is 0 Å². The summed E-state index contributed by atoms with van der Waals surface area (Å²) < 4.78 is 3.25. The Morgan fingerprint density at radius 1 is 1.67 bits per heavy atom. The normalized spacial score (nSPS) is 11.0. The molecular formula is CH6N3PS. The lowest BCUT2D eigenvalue weighted by molar-refractivity contribution is 1.69. The van der Waals surface area contributed by atoms with E-state index >= 15 is 0 Å². The predicted octanol–water partition coefficient (Wildman–Crippen LogP) is -0.171. The molecule has 0 atom stereocenters. The lowest BCUT2D eigenvalue weighted by atomic mass is 11.8. The van der Waals surface area contributed by atoms with Crippen molar-refractivity contribution in [2.75, 3.05) is 0 Å². The van der Waals surface area contributed by atoms with Gasteiger partial charge in [0.25, 0.3) is 0 Å². The summed E-state index contributed by atoms with van der Waals surface area (Å²) in [5, 5.41) is 0. The second-order valence-corrected chi connectivity index (χ2v) is 4.20. The first-order valence-corrected chi connectivity index (χ1v) is 4.11. The first kappa shape index (κ1) is 6.24. The molecule has 0 unspecified atom stereocenters. The van der Waals surface area contributed by atoms with Gasteiger partial charge in [-0.25, -0.2) is 4.76 Å². The molecule has 0 spiro atoms. The Hall–Kier alpha value is 0.240. The fourth-order valence-corrected chi connectivity index (χ4v) is 0. The summed E-state index contributed by atoms with van der Waals surface area (Å²) in [6, 6.07) is 0. The molecule has 0 saturated heterocycles. The predicted molar refractivity (Wildman–Crippen MR) is 32.2 cm³/mol. The van der Waals surface area contributed by atoms with Crippen LogP contribution in [0.1, 0.15) is 0 Å². The molecule has 36 valence electrons. The van der Waals surface area contributed by atoms with Crippen LogP contribution in [0.3, 0.4) is 0 Å². The second kappa shape index (κ2) is 1.80. The molecule has 0 aromatic rings. The van der Waals surface area contributed by atoms with Crippen LogP contribution in [0, 0.1) is 0 Å². The molecule has 0 aromatic heterocycles. The SMILES string of the molecule is C=NP(N)(N)=S. The minimum Gasteiger partial charge on any atom is -0.274 e. The molecule has 0 aliphatic heterocycles. The van der Waals surface area contributed by atoms with E-state index in [1.807, 2.05) is 0 Å². The van der Waals surface area contributed by atoms with Crippen LogP contribution in [-0.4, -0.2) is 6.72 Å². The molecule has 0 amide bonds. The zero-order valence-corrected chi connectivity index (χ0v) is 4.88. The van der Waals surface area contributed by atoms with Crippen molar-refractivity contribution in [1.29, 1.82) is 0 Å². The third-order valence-electron chi connectivity index (χ3n) is 0.221. The standard InChI is InChI=1S/CH6N3PS/c1-4-5(2,3)6/h1H2,(H4,2,3,6). The van der Waals surface area contributed by atoms with Crippen molar-refractivity contribution in [3.63, 3.8) is 0 Å². The van der Waals surface area contributed by atoms with Crippen molar-refractivity contribution < 1.29 is 0 Å². The van der Waals surface area contributed by atoms with E-state index in [0.717, 1.165) is 0 Å². The fourth-order valence-electron chi connectivity index (χ4n) is 0. The van der Waals surface area contributed by atoms with Gasteiger partial charge in [-0.1, -0.05) is 0 Å². The van der Waals surface area contributed by atoms with Gasteiger partial charge in [0.15, 0.2) is 6.49 Å². The lowest BCUT2D eigenvalue weighted by Crippen LogP contribution is -1.99. The third-order valence-corrected chi connectivity index (χ3v) is 1.01. The minimum atomic E-state index is -2.30. The summed E-state index contributed by atoms with van der Waals surface area (Å²) in [5.74, 6) is 0. The van der Waals surface area contributed by atoms with E-state index in [-0.39, 0.29) is 0 Å². The Morgan fingerprint density at radius 2 is 1.83 bits per heavy atom. The summed E-state index contributed by atoms with van der Waals surface area (Å²) in [4.78, 5) is 0. The van der Waals surface area contributed by atoms with Gasteiger partial charge in [0.05, 0.1) is 0 Å². The topological polar surface area (TPSA) is 64.4 Å². The van der Waals surface area contributed by atoms with Crippen LogP contribution in [0.2, 0.25) is 0 Å². The van der Waals surface area contributed by atoms with Gasteiger partial charge in [0, 0.05) is 0 Å². The summed E-state index contributed by atoms with van der Waals surface area (Å²) in [7, 11) is 0. The molecular weight excluding hydrogens is 117 g/mol. The first-order valence-electron chi connectivity index (χ1n) is 1.22. The number of hydrogen-bond acceptors (Lipinski definition) is 1. The van der Waals surface area contributed by atoms with Crippen LogP contribution in [-0.2, 0) is 11.8 Å². The number of nitrogens with zero attached hydrogens (tertiary/aromatic N) is 1. The van der Waals surface area contributed by atoms with Crippen molar-refractivity contribution in [1.82, 2.24) is 0 Å². The Labute approximate surface area is 41.6 Å². The zero-order valence-electron chi connectivity index (χ0n) is 3.16.